The lowest BCUT2D eigenvalue weighted by Crippen LogP contribution is -2.46. The van der Waals surface area contributed by atoms with Crippen LogP contribution < -0.4 is 5.32 Å². The van der Waals surface area contributed by atoms with Crippen LogP contribution in [-0.2, 0) is 15.6 Å². The van der Waals surface area contributed by atoms with E-state index < -0.39 is 9.84 Å². The number of sulfone groups is 1. The minimum atomic E-state index is -3.42. The van der Waals surface area contributed by atoms with Gasteiger partial charge < -0.3 is 10.2 Å². The molecule has 1 saturated heterocycles. The lowest BCUT2D eigenvalue weighted by atomic mass is 10.2. The molecule has 7 heteroatoms. The van der Waals surface area contributed by atoms with Gasteiger partial charge in [0.15, 0.2) is 9.84 Å². The predicted molar refractivity (Wildman–Crippen MR) is 99.8 cm³/mol. The third kappa shape index (κ3) is 4.81. The van der Waals surface area contributed by atoms with E-state index in [4.69, 9.17) is 0 Å². The van der Waals surface area contributed by atoms with Crippen molar-refractivity contribution in [3.05, 3.63) is 65.7 Å². The predicted octanol–water partition coefficient (Wildman–Crippen LogP) is 2.13. The molecule has 1 aliphatic rings. The number of hydrogen-bond donors (Lipinski definition) is 1. The number of nitrogens with one attached hydrogen (secondary N) is 1. The van der Waals surface area contributed by atoms with Gasteiger partial charge in [0.25, 0.3) is 5.91 Å². The minimum Gasteiger partial charge on any atom is -0.336 e. The molecule has 1 aliphatic heterocycles. The molecule has 0 atom stereocenters. The van der Waals surface area contributed by atoms with Crippen LogP contribution in [0.2, 0.25) is 0 Å². The maximum Gasteiger partial charge on any atom is 0.253 e. The molecule has 2 aromatic rings. The van der Waals surface area contributed by atoms with Gasteiger partial charge in [0, 0.05) is 31.7 Å². The highest BCUT2D eigenvalue weighted by molar-refractivity contribution is 7.90. The van der Waals surface area contributed by atoms with Crippen LogP contribution in [0.15, 0.2) is 59.5 Å². The maximum absolute atomic E-state index is 12.5. The molecule has 1 amide bonds. The molecular weight excluding hydrogens is 360 g/mol. The second-order valence-corrected chi connectivity index (χ2v) is 7.80. The third-order valence-electron chi connectivity index (χ3n) is 4.06. The first-order valence-corrected chi connectivity index (χ1v) is 9.58. The number of benzene rings is 2. The number of hydrogen-bond acceptors (Lipinski definition) is 4. The fourth-order valence-corrected chi connectivity index (χ4v) is 4.08. The Labute approximate surface area is 154 Å². The van der Waals surface area contributed by atoms with Crippen LogP contribution in [0.25, 0.3) is 0 Å². The van der Waals surface area contributed by atoms with Crippen molar-refractivity contribution in [1.29, 1.82) is 0 Å². The number of amides is 1. The van der Waals surface area contributed by atoms with E-state index in [1.807, 2.05) is 18.2 Å². The van der Waals surface area contributed by atoms with Crippen LogP contribution in [0, 0.1) is 0 Å². The van der Waals surface area contributed by atoms with Gasteiger partial charge in [-0.3, -0.25) is 4.79 Å². The van der Waals surface area contributed by atoms with Crippen molar-refractivity contribution in [3.8, 4) is 0 Å². The Hall–Kier alpha value is -1.89. The molecule has 1 heterocycles. The third-order valence-corrected chi connectivity index (χ3v) is 5.77. The van der Waals surface area contributed by atoms with Gasteiger partial charge in [-0.15, -0.1) is 12.4 Å². The summed E-state index contributed by atoms with van der Waals surface area (Å²) in [6.07, 6.45) is 0. The Morgan fingerprint density at radius 2 is 1.56 bits per heavy atom. The van der Waals surface area contributed by atoms with Crippen LogP contribution in [0.4, 0.5) is 0 Å². The molecule has 1 fully saturated rings. The zero-order chi connectivity index (χ0) is 17.0. The Balaban J connectivity index is 0.00000225. The van der Waals surface area contributed by atoms with Gasteiger partial charge in [-0.2, -0.15) is 0 Å². The number of rotatable bonds is 4. The van der Waals surface area contributed by atoms with E-state index in [0.29, 0.717) is 18.7 Å². The van der Waals surface area contributed by atoms with E-state index in [9.17, 15) is 13.2 Å². The average molecular weight is 381 g/mol. The van der Waals surface area contributed by atoms with Crippen molar-refractivity contribution in [2.75, 3.05) is 26.2 Å². The summed E-state index contributed by atoms with van der Waals surface area (Å²) in [5.74, 6) is -0.0950. The van der Waals surface area contributed by atoms with Crippen molar-refractivity contribution in [1.82, 2.24) is 10.2 Å². The van der Waals surface area contributed by atoms with Crippen LogP contribution in [0.3, 0.4) is 0 Å². The highest BCUT2D eigenvalue weighted by atomic mass is 35.5. The van der Waals surface area contributed by atoms with Crippen molar-refractivity contribution < 1.29 is 13.2 Å². The zero-order valence-corrected chi connectivity index (χ0v) is 15.4. The van der Waals surface area contributed by atoms with Crippen LogP contribution in [0.1, 0.15) is 15.9 Å². The van der Waals surface area contributed by atoms with Crippen LogP contribution >= 0.6 is 12.4 Å². The SMILES string of the molecule is Cl.O=C(c1ccc(S(=O)(=O)Cc2ccccc2)cc1)N1CCNCC1. The number of carbonyl (C=O) groups is 1. The molecule has 25 heavy (non-hydrogen) atoms. The van der Waals surface area contributed by atoms with E-state index in [-0.39, 0.29) is 29.0 Å². The Morgan fingerprint density at radius 3 is 2.16 bits per heavy atom. The fourth-order valence-electron chi connectivity index (χ4n) is 2.73. The molecule has 2 aromatic carbocycles. The Bertz CT molecular complexity index is 802. The topological polar surface area (TPSA) is 66.5 Å². The molecule has 3 rings (SSSR count). The lowest BCUT2D eigenvalue weighted by Gasteiger charge is -2.27. The molecule has 0 aromatic heterocycles. The van der Waals surface area contributed by atoms with Gasteiger partial charge in [0.05, 0.1) is 10.6 Å². The summed E-state index contributed by atoms with van der Waals surface area (Å²) in [5.41, 5.74) is 1.27. The van der Waals surface area contributed by atoms with Crippen LogP contribution in [0.5, 0.6) is 0 Å². The Morgan fingerprint density at radius 1 is 0.960 bits per heavy atom. The number of piperazine rings is 1. The number of halogens is 1. The summed E-state index contributed by atoms with van der Waals surface area (Å²) in [4.78, 5) is 14.4. The molecule has 0 unspecified atom stereocenters. The van der Waals surface area contributed by atoms with Crippen molar-refractivity contribution in [2.24, 2.45) is 0 Å². The molecule has 134 valence electrons. The Kier molecular flexibility index (Phi) is 6.58. The maximum atomic E-state index is 12.5. The average Bonchev–Trinajstić information content (AvgIpc) is 2.62. The summed E-state index contributed by atoms with van der Waals surface area (Å²) in [5, 5.41) is 3.20. The van der Waals surface area contributed by atoms with Crippen molar-refractivity contribution in [2.45, 2.75) is 10.6 Å². The van der Waals surface area contributed by atoms with E-state index in [0.717, 1.165) is 18.7 Å². The van der Waals surface area contributed by atoms with Crippen molar-refractivity contribution >= 4 is 28.2 Å². The highest BCUT2D eigenvalue weighted by Gasteiger charge is 2.20. The zero-order valence-electron chi connectivity index (χ0n) is 13.7. The largest absolute Gasteiger partial charge is 0.336 e. The van der Waals surface area contributed by atoms with Gasteiger partial charge in [-0.05, 0) is 29.8 Å². The lowest BCUT2D eigenvalue weighted by molar-refractivity contribution is 0.0735. The van der Waals surface area contributed by atoms with Crippen molar-refractivity contribution in [3.63, 3.8) is 0 Å². The normalized spacial score (nSPS) is 14.6. The second-order valence-electron chi connectivity index (χ2n) is 5.81. The number of carbonyl (C=O) groups excluding carboxylic acids is 1. The molecule has 5 nitrogen and oxygen atoms in total. The fraction of sp³-hybridized carbons (Fsp3) is 0.278. The minimum absolute atomic E-state index is 0. The van der Waals surface area contributed by atoms with E-state index in [1.54, 1.807) is 29.2 Å². The molecule has 0 saturated carbocycles. The van der Waals surface area contributed by atoms with Gasteiger partial charge in [0.1, 0.15) is 0 Å². The second kappa shape index (κ2) is 8.47. The molecular formula is C18H21ClN2O3S. The van der Waals surface area contributed by atoms with Gasteiger partial charge >= 0.3 is 0 Å². The molecule has 0 aliphatic carbocycles. The summed E-state index contributed by atoms with van der Waals surface area (Å²) in [6.45, 7) is 2.92. The first-order valence-electron chi connectivity index (χ1n) is 7.93. The molecule has 0 bridgehead atoms. The monoisotopic (exact) mass is 380 g/mol. The van der Waals surface area contributed by atoms with Gasteiger partial charge in [0.2, 0.25) is 0 Å². The smallest absolute Gasteiger partial charge is 0.253 e. The standard InChI is InChI=1S/C18H20N2O3S.ClH/c21-18(20-12-10-19-11-13-20)16-6-8-17(9-7-16)24(22,23)14-15-4-2-1-3-5-15;/h1-9,19H,10-14H2;1H. The summed E-state index contributed by atoms with van der Waals surface area (Å²) < 4.78 is 25.0. The van der Waals surface area contributed by atoms with Gasteiger partial charge in [-0.1, -0.05) is 30.3 Å². The summed E-state index contributed by atoms with van der Waals surface area (Å²) in [7, 11) is -3.42. The first kappa shape index (κ1) is 19.4. The number of nitrogens with zero attached hydrogens (tertiary/aromatic N) is 1. The van der Waals surface area contributed by atoms with Gasteiger partial charge in [-0.25, -0.2) is 8.42 Å². The van der Waals surface area contributed by atoms with E-state index in [1.165, 1.54) is 12.1 Å². The first-order chi connectivity index (χ1) is 11.6. The van der Waals surface area contributed by atoms with Crippen LogP contribution in [-0.4, -0.2) is 45.4 Å². The van der Waals surface area contributed by atoms with E-state index in [2.05, 4.69) is 5.32 Å². The molecule has 0 spiro atoms. The highest BCUT2D eigenvalue weighted by Crippen LogP contribution is 2.18. The molecule has 0 radical (unpaired) electrons. The molecule has 1 N–H and O–H groups in total. The summed E-state index contributed by atoms with van der Waals surface area (Å²) in [6, 6.07) is 15.3. The quantitative estimate of drug-likeness (QED) is 0.882. The van der Waals surface area contributed by atoms with E-state index >= 15 is 0 Å². The summed E-state index contributed by atoms with van der Waals surface area (Å²) >= 11 is 0.